The third-order valence-corrected chi connectivity index (χ3v) is 6.55. The molecule has 0 saturated heterocycles. The van der Waals surface area contributed by atoms with E-state index in [1.54, 1.807) is 20.8 Å². The Labute approximate surface area is 248 Å². The number of carboxylic acid groups (broad SMARTS) is 1. The number of hydrogen-bond donors (Lipinski definition) is 2. The maximum atomic E-state index is 12.5. The smallest absolute Gasteiger partial charge is 0.480 e. The highest BCUT2D eigenvalue weighted by Crippen LogP contribution is 2.35. The minimum atomic E-state index is -1.41. The summed E-state index contributed by atoms with van der Waals surface area (Å²) in [6, 6.07) is 2.75. The maximum Gasteiger partial charge on any atom is 0.514 e. The number of ether oxygens (including phenoxy) is 6. The number of rotatable bonds is 17. The quantitative estimate of drug-likeness (QED) is 0.113. The average Bonchev–Trinajstić information content (AvgIpc) is 2.90. The van der Waals surface area contributed by atoms with Gasteiger partial charge in [-0.3, -0.25) is 4.79 Å². The first-order chi connectivity index (χ1) is 19.8. The summed E-state index contributed by atoms with van der Waals surface area (Å²) in [5, 5.41) is 9.70. The summed E-state index contributed by atoms with van der Waals surface area (Å²) in [5.41, 5.74) is 6.36. The highest BCUT2D eigenvalue weighted by atomic mass is 16.8. The first-order valence-corrected chi connectivity index (χ1v) is 14.5. The van der Waals surface area contributed by atoms with Gasteiger partial charge in [0.1, 0.15) is 24.4 Å². The predicted octanol–water partition coefficient (Wildman–Crippen LogP) is 6.57. The molecule has 12 nitrogen and oxygen atoms in total. The fraction of sp³-hybridized carbons (Fsp3) is 0.667. The Bertz CT molecular complexity index is 1010. The van der Waals surface area contributed by atoms with Crippen LogP contribution in [0.25, 0.3) is 0 Å². The van der Waals surface area contributed by atoms with E-state index in [0.717, 1.165) is 19.3 Å². The fourth-order valence-corrected chi connectivity index (χ4v) is 4.00. The Morgan fingerprint density at radius 1 is 0.786 bits per heavy atom. The molecule has 0 radical (unpaired) electrons. The largest absolute Gasteiger partial charge is 0.514 e. The Hall–Kier alpha value is -3.54. The number of aliphatic carboxylic acids is 1. The summed E-state index contributed by atoms with van der Waals surface area (Å²) >= 11 is 0. The molecule has 0 aromatic heterocycles. The van der Waals surface area contributed by atoms with E-state index in [1.165, 1.54) is 18.2 Å². The molecule has 0 saturated carbocycles. The Kier molecular flexibility index (Phi) is 16.3. The molecule has 12 heteroatoms. The molecule has 1 rings (SSSR count). The molecule has 6 atom stereocenters. The van der Waals surface area contributed by atoms with Gasteiger partial charge >= 0.3 is 24.4 Å². The monoisotopic (exact) mass is 597 g/mol. The van der Waals surface area contributed by atoms with Gasteiger partial charge in [0.2, 0.25) is 0 Å². The molecule has 0 fully saturated rings. The molecular formula is C30H47NO11. The van der Waals surface area contributed by atoms with Crippen LogP contribution in [-0.2, 0) is 23.7 Å². The fourth-order valence-electron chi connectivity index (χ4n) is 4.00. The molecule has 0 spiro atoms. The molecule has 0 amide bonds. The van der Waals surface area contributed by atoms with Crippen molar-refractivity contribution in [3.05, 3.63) is 23.8 Å². The van der Waals surface area contributed by atoms with Gasteiger partial charge in [-0.1, -0.05) is 53.0 Å². The normalized spacial score (nSPS) is 15.2. The summed E-state index contributed by atoms with van der Waals surface area (Å²) in [4.78, 5) is 49.0. The van der Waals surface area contributed by atoms with Crippen LogP contribution in [0.2, 0.25) is 0 Å². The van der Waals surface area contributed by atoms with Crippen LogP contribution in [0.3, 0.4) is 0 Å². The van der Waals surface area contributed by atoms with E-state index in [4.69, 9.17) is 34.2 Å². The lowest BCUT2D eigenvalue weighted by atomic mass is 9.87. The Morgan fingerprint density at radius 2 is 1.31 bits per heavy atom. The summed E-state index contributed by atoms with van der Waals surface area (Å²) in [7, 11) is 0. The minimum absolute atomic E-state index is 0.0000957. The van der Waals surface area contributed by atoms with E-state index in [9.17, 15) is 24.3 Å². The molecule has 0 heterocycles. The van der Waals surface area contributed by atoms with Crippen LogP contribution in [0.1, 0.15) is 98.5 Å². The molecule has 1 aromatic carbocycles. The van der Waals surface area contributed by atoms with E-state index in [-0.39, 0.29) is 30.4 Å². The van der Waals surface area contributed by atoms with Gasteiger partial charge in [-0.05, 0) is 63.6 Å². The number of carbonyl (C=O) groups is 4. The Balaban J connectivity index is 3.28. The van der Waals surface area contributed by atoms with Crippen molar-refractivity contribution in [3.8, 4) is 11.5 Å². The van der Waals surface area contributed by atoms with Gasteiger partial charge in [-0.2, -0.15) is 0 Å². The van der Waals surface area contributed by atoms with Gasteiger partial charge in [-0.25, -0.2) is 14.4 Å². The summed E-state index contributed by atoms with van der Waals surface area (Å²) in [6.07, 6.45) is -0.900. The molecule has 0 bridgehead atoms. The van der Waals surface area contributed by atoms with Crippen molar-refractivity contribution in [1.29, 1.82) is 0 Å². The molecule has 5 unspecified atom stereocenters. The van der Waals surface area contributed by atoms with Crippen molar-refractivity contribution in [2.45, 2.75) is 117 Å². The molecule has 1 aromatic rings. The van der Waals surface area contributed by atoms with Crippen molar-refractivity contribution in [3.63, 3.8) is 0 Å². The molecular weight excluding hydrogens is 550 g/mol. The Morgan fingerprint density at radius 3 is 1.81 bits per heavy atom. The van der Waals surface area contributed by atoms with Gasteiger partial charge in [0.15, 0.2) is 11.5 Å². The second-order valence-electron chi connectivity index (χ2n) is 10.6. The van der Waals surface area contributed by atoms with Gasteiger partial charge in [-0.15, -0.1) is 0 Å². The van der Waals surface area contributed by atoms with E-state index in [1.807, 2.05) is 27.7 Å². The third-order valence-electron chi connectivity index (χ3n) is 6.55. The van der Waals surface area contributed by atoms with Gasteiger partial charge in [0.05, 0.1) is 6.61 Å². The van der Waals surface area contributed by atoms with Crippen molar-refractivity contribution in [2.75, 3.05) is 6.61 Å². The molecule has 0 aliphatic heterocycles. The molecule has 42 heavy (non-hydrogen) atoms. The van der Waals surface area contributed by atoms with E-state index in [2.05, 4.69) is 0 Å². The van der Waals surface area contributed by atoms with Crippen LogP contribution in [0.4, 0.5) is 14.4 Å². The van der Waals surface area contributed by atoms with E-state index >= 15 is 0 Å². The SMILES string of the molecule is CCCC(C)OC(=O)Oc1ccc(C(CC(C)OC(=O)OCC(C)CC)[C@H](N)C(=O)O)cc1OC(=O)OC(C)CCC. The first-order valence-electron chi connectivity index (χ1n) is 14.5. The zero-order valence-corrected chi connectivity index (χ0v) is 25.8. The second kappa shape index (κ2) is 18.8. The number of carboxylic acids is 1. The zero-order valence-electron chi connectivity index (χ0n) is 25.8. The maximum absolute atomic E-state index is 12.5. The lowest BCUT2D eigenvalue weighted by molar-refractivity contribution is -0.139. The molecule has 238 valence electrons. The topological polar surface area (TPSA) is 170 Å². The van der Waals surface area contributed by atoms with Crippen molar-refractivity contribution < 1.29 is 52.7 Å². The van der Waals surface area contributed by atoms with Crippen LogP contribution in [0, 0.1) is 5.92 Å². The zero-order chi connectivity index (χ0) is 31.8. The van der Waals surface area contributed by atoms with Gasteiger partial charge < -0.3 is 39.3 Å². The lowest BCUT2D eigenvalue weighted by Crippen LogP contribution is -2.38. The van der Waals surface area contributed by atoms with Crippen LogP contribution in [0.15, 0.2) is 18.2 Å². The lowest BCUT2D eigenvalue weighted by Gasteiger charge is -2.25. The van der Waals surface area contributed by atoms with Gasteiger partial charge in [0.25, 0.3) is 0 Å². The standard InChI is InChI=1S/C30H47NO11/c1-8-11-19(5)38-29(35)41-24-14-13-22(16-25(24)42-30(36)39-20(6)12-9-2)23(26(31)27(32)33)15-21(7)40-28(34)37-17-18(4)10-3/h13-14,16,18-21,23,26H,8-12,15,17,31H2,1-7H3,(H,32,33)/t18?,19?,20?,21?,23?,26-/m0/s1. The number of benzene rings is 1. The summed E-state index contributed by atoms with van der Waals surface area (Å²) < 4.78 is 31.7. The summed E-state index contributed by atoms with van der Waals surface area (Å²) in [5.74, 6) is -2.39. The van der Waals surface area contributed by atoms with E-state index in [0.29, 0.717) is 18.4 Å². The van der Waals surface area contributed by atoms with Crippen LogP contribution < -0.4 is 15.2 Å². The highest BCUT2D eigenvalue weighted by Gasteiger charge is 2.31. The number of nitrogens with two attached hydrogens (primary N) is 1. The van der Waals surface area contributed by atoms with Crippen LogP contribution >= 0.6 is 0 Å². The summed E-state index contributed by atoms with van der Waals surface area (Å²) in [6.45, 7) is 13.0. The highest BCUT2D eigenvalue weighted by molar-refractivity contribution is 5.75. The second-order valence-corrected chi connectivity index (χ2v) is 10.6. The molecule has 0 aliphatic carbocycles. The predicted molar refractivity (Wildman–Crippen MR) is 154 cm³/mol. The van der Waals surface area contributed by atoms with Crippen LogP contribution in [-0.4, -0.2) is 60.5 Å². The molecule has 3 N–H and O–H groups in total. The average molecular weight is 598 g/mol. The van der Waals surface area contributed by atoms with Gasteiger partial charge in [0, 0.05) is 5.92 Å². The number of carbonyl (C=O) groups excluding carboxylic acids is 3. The minimum Gasteiger partial charge on any atom is -0.480 e. The number of hydrogen-bond acceptors (Lipinski definition) is 11. The van der Waals surface area contributed by atoms with Crippen molar-refractivity contribution in [2.24, 2.45) is 11.7 Å². The first kappa shape index (κ1) is 36.5. The third kappa shape index (κ3) is 13.4. The van der Waals surface area contributed by atoms with Crippen molar-refractivity contribution in [1.82, 2.24) is 0 Å². The van der Waals surface area contributed by atoms with Crippen LogP contribution in [0.5, 0.6) is 11.5 Å². The van der Waals surface area contributed by atoms with E-state index < -0.39 is 54.7 Å². The van der Waals surface area contributed by atoms with Crippen molar-refractivity contribution >= 4 is 24.4 Å². The molecule has 0 aliphatic rings.